The molecule has 1 aromatic rings. The van der Waals surface area contributed by atoms with Gasteiger partial charge in [-0.05, 0) is 43.9 Å². The fraction of sp³-hybridized carbons (Fsp3) is 0.556. The summed E-state index contributed by atoms with van der Waals surface area (Å²) >= 11 is 0. The predicted molar refractivity (Wildman–Crippen MR) is 95.3 cm³/mol. The zero-order chi connectivity index (χ0) is 17.5. The van der Waals surface area contributed by atoms with Crippen molar-refractivity contribution in [2.24, 2.45) is 0 Å². The lowest BCUT2D eigenvalue weighted by Gasteiger charge is -2.32. The number of nitrogens with one attached hydrogen (secondary N) is 2. The van der Waals surface area contributed by atoms with Crippen molar-refractivity contribution in [3.05, 3.63) is 23.8 Å². The molecule has 0 spiro atoms. The lowest BCUT2D eigenvalue weighted by molar-refractivity contribution is -0.114. The average molecular weight is 333 g/mol. The summed E-state index contributed by atoms with van der Waals surface area (Å²) in [5, 5.41) is 5.68. The number of anilines is 2. The molecular formula is C18H27N3O3. The lowest BCUT2D eigenvalue weighted by atomic mass is 10.1. The number of benzene rings is 1. The Kier molecular flexibility index (Phi) is 6.61. The molecule has 1 heterocycles. The van der Waals surface area contributed by atoms with E-state index >= 15 is 0 Å². The number of amides is 3. The summed E-state index contributed by atoms with van der Waals surface area (Å²) in [6.45, 7) is 7.56. The molecule has 1 saturated heterocycles. The quantitative estimate of drug-likeness (QED) is 0.868. The smallest absolute Gasteiger partial charge is 0.321 e. The summed E-state index contributed by atoms with van der Waals surface area (Å²) in [5.74, 6) is -0.136. The van der Waals surface area contributed by atoms with Crippen LogP contribution in [0.3, 0.4) is 0 Å². The molecule has 0 saturated carbocycles. The molecule has 1 atom stereocenters. The van der Waals surface area contributed by atoms with Crippen molar-refractivity contribution < 1.29 is 14.3 Å². The number of nitrogens with zero attached hydrogens (tertiary/aromatic N) is 1. The predicted octanol–water partition coefficient (Wildman–Crippen LogP) is 3.38. The number of hydrogen-bond donors (Lipinski definition) is 2. The fourth-order valence-corrected chi connectivity index (χ4v) is 2.78. The Hall–Kier alpha value is -2.08. The second kappa shape index (κ2) is 8.68. The monoisotopic (exact) mass is 333 g/mol. The van der Waals surface area contributed by atoms with Gasteiger partial charge in [0.2, 0.25) is 5.91 Å². The first-order chi connectivity index (χ1) is 11.5. The fourth-order valence-electron chi connectivity index (χ4n) is 2.78. The Bertz CT molecular complexity index is 589. The van der Waals surface area contributed by atoms with E-state index in [0.29, 0.717) is 17.9 Å². The third-order valence-corrected chi connectivity index (χ3v) is 4.02. The van der Waals surface area contributed by atoms with Crippen LogP contribution < -0.4 is 10.6 Å². The van der Waals surface area contributed by atoms with Crippen molar-refractivity contribution in [2.75, 3.05) is 30.3 Å². The highest BCUT2D eigenvalue weighted by molar-refractivity contribution is 5.93. The van der Waals surface area contributed by atoms with Crippen LogP contribution in [0.15, 0.2) is 18.2 Å². The van der Waals surface area contributed by atoms with Crippen LogP contribution in [-0.4, -0.2) is 42.6 Å². The topological polar surface area (TPSA) is 70.7 Å². The second-order valence-electron chi connectivity index (χ2n) is 6.22. The van der Waals surface area contributed by atoms with Crippen molar-refractivity contribution >= 4 is 23.3 Å². The zero-order valence-electron chi connectivity index (χ0n) is 14.7. The van der Waals surface area contributed by atoms with Crippen LogP contribution in [0.25, 0.3) is 0 Å². The third kappa shape index (κ3) is 5.23. The van der Waals surface area contributed by atoms with Crippen molar-refractivity contribution in [2.45, 2.75) is 46.1 Å². The minimum absolute atomic E-state index is 0.122. The van der Waals surface area contributed by atoms with Gasteiger partial charge in [0.25, 0.3) is 0 Å². The molecule has 132 valence electrons. The van der Waals surface area contributed by atoms with Crippen LogP contribution in [0.1, 0.15) is 38.7 Å². The summed E-state index contributed by atoms with van der Waals surface area (Å²) in [6.07, 6.45) is 3.06. The normalized spacial score (nSPS) is 17.5. The van der Waals surface area contributed by atoms with Crippen LogP contribution in [0.5, 0.6) is 0 Å². The number of carbonyl (C=O) groups excluding carboxylic acids is 2. The molecule has 0 radical (unpaired) electrons. The molecule has 0 bridgehead atoms. The Morgan fingerprint density at radius 2 is 2.12 bits per heavy atom. The van der Waals surface area contributed by atoms with Gasteiger partial charge in [-0.3, -0.25) is 4.79 Å². The molecular weight excluding hydrogens is 306 g/mol. The van der Waals surface area contributed by atoms with Gasteiger partial charge in [-0.25, -0.2) is 4.79 Å². The van der Waals surface area contributed by atoms with Crippen molar-refractivity contribution in [1.82, 2.24) is 4.90 Å². The molecule has 1 fully saturated rings. The molecule has 1 aromatic carbocycles. The Morgan fingerprint density at radius 1 is 1.33 bits per heavy atom. The van der Waals surface area contributed by atoms with E-state index in [1.54, 1.807) is 11.0 Å². The average Bonchev–Trinajstić information content (AvgIpc) is 2.55. The van der Waals surface area contributed by atoms with Crippen LogP contribution >= 0.6 is 0 Å². The number of likely N-dealkylation sites (tertiary alicyclic amines) is 1. The van der Waals surface area contributed by atoms with Gasteiger partial charge in [0, 0.05) is 38.0 Å². The molecule has 2 rings (SSSR count). The highest BCUT2D eigenvalue weighted by Crippen LogP contribution is 2.22. The van der Waals surface area contributed by atoms with E-state index in [4.69, 9.17) is 4.74 Å². The van der Waals surface area contributed by atoms with E-state index < -0.39 is 0 Å². The Balaban J connectivity index is 1.99. The maximum absolute atomic E-state index is 12.5. The van der Waals surface area contributed by atoms with E-state index in [9.17, 15) is 9.59 Å². The van der Waals surface area contributed by atoms with Crippen molar-refractivity contribution in [3.8, 4) is 0 Å². The van der Waals surface area contributed by atoms with Crippen LogP contribution in [0.4, 0.5) is 16.2 Å². The lowest BCUT2D eigenvalue weighted by Crippen LogP contribution is -2.45. The molecule has 24 heavy (non-hydrogen) atoms. The van der Waals surface area contributed by atoms with Crippen LogP contribution in [0.2, 0.25) is 0 Å². The standard InChI is InChI=1S/C18H27N3O3/c1-4-10-24-16-6-5-9-21(12-16)18(23)20-17-11-15(19-14(3)22)8-7-13(17)2/h7-8,11,16H,4-6,9-10,12H2,1-3H3,(H,19,22)(H,20,23)/t16-/m0/s1. The highest BCUT2D eigenvalue weighted by Gasteiger charge is 2.24. The first-order valence-corrected chi connectivity index (χ1v) is 8.55. The SMILES string of the molecule is CCCO[C@H]1CCCN(C(=O)Nc2cc(NC(C)=O)ccc2C)C1. The highest BCUT2D eigenvalue weighted by atomic mass is 16.5. The van der Waals surface area contributed by atoms with Gasteiger partial charge >= 0.3 is 6.03 Å². The number of piperidine rings is 1. The summed E-state index contributed by atoms with van der Waals surface area (Å²) in [6, 6.07) is 5.36. The molecule has 0 aliphatic carbocycles. The van der Waals surface area contributed by atoms with Gasteiger partial charge in [0.05, 0.1) is 6.10 Å². The van der Waals surface area contributed by atoms with E-state index in [-0.39, 0.29) is 18.0 Å². The molecule has 3 amide bonds. The third-order valence-electron chi connectivity index (χ3n) is 4.02. The molecule has 0 aromatic heterocycles. The first kappa shape index (κ1) is 18.3. The van der Waals surface area contributed by atoms with E-state index in [1.165, 1.54) is 6.92 Å². The van der Waals surface area contributed by atoms with Gasteiger partial charge in [0.15, 0.2) is 0 Å². The minimum atomic E-state index is -0.136. The van der Waals surface area contributed by atoms with Crippen LogP contribution in [0, 0.1) is 6.92 Å². The molecule has 1 aliphatic rings. The van der Waals surface area contributed by atoms with Gasteiger partial charge < -0.3 is 20.3 Å². The van der Waals surface area contributed by atoms with E-state index in [1.807, 2.05) is 19.1 Å². The summed E-state index contributed by atoms with van der Waals surface area (Å²) in [4.78, 5) is 25.5. The largest absolute Gasteiger partial charge is 0.376 e. The molecule has 6 nitrogen and oxygen atoms in total. The maximum atomic E-state index is 12.5. The Morgan fingerprint density at radius 3 is 2.83 bits per heavy atom. The first-order valence-electron chi connectivity index (χ1n) is 8.55. The summed E-state index contributed by atoms with van der Waals surface area (Å²) in [5.41, 5.74) is 2.34. The van der Waals surface area contributed by atoms with Gasteiger partial charge in [-0.15, -0.1) is 0 Å². The number of ether oxygens (including phenoxy) is 1. The summed E-state index contributed by atoms with van der Waals surface area (Å²) < 4.78 is 5.78. The van der Waals surface area contributed by atoms with Gasteiger partial charge in [-0.2, -0.15) is 0 Å². The van der Waals surface area contributed by atoms with Crippen LogP contribution in [-0.2, 0) is 9.53 Å². The number of rotatable bonds is 5. The zero-order valence-corrected chi connectivity index (χ0v) is 14.7. The Labute approximate surface area is 143 Å². The number of urea groups is 1. The number of hydrogen-bond acceptors (Lipinski definition) is 3. The maximum Gasteiger partial charge on any atom is 0.321 e. The van der Waals surface area contributed by atoms with Gasteiger partial charge in [-0.1, -0.05) is 13.0 Å². The molecule has 2 N–H and O–H groups in total. The van der Waals surface area contributed by atoms with Crippen molar-refractivity contribution in [3.63, 3.8) is 0 Å². The van der Waals surface area contributed by atoms with Crippen molar-refractivity contribution in [1.29, 1.82) is 0 Å². The molecule has 0 unspecified atom stereocenters. The van der Waals surface area contributed by atoms with Gasteiger partial charge in [0.1, 0.15) is 0 Å². The summed E-state index contributed by atoms with van der Waals surface area (Å²) in [7, 11) is 0. The minimum Gasteiger partial charge on any atom is -0.376 e. The van der Waals surface area contributed by atoms with E-state index in [0.717, 1.165) is 38.0 Å². The number of aryl methyl sites for hydroxylation is 1. The molecule has 1 aliphatic heterocycles. The second-order valence-corrected chi connectivity index (χ2v) is 6.22. The molecule has 6 heteroatoms. The van der Waals surface area contributed by atoms with E-state index in [2.05, 4.69) is 17.6 Å². The number of carbonyl (C=O) groups is 2.